The highest BCUT2D eigenvalue weighted by molar-refractivity contribution is 5.98. The number of benzene rings is 7. The van der Waals surface area contributed by atoms with Crippen LogP contribution in [-0.4, -0.2) is 15.0 Å². The van der Waals surface area contributed by atoms with E-state index in [0.717, 1.165) is 33.2 Å². The van der Waals surface area contributed by atoms with E-state index < -0.39 is 0 Å². The van der Waals surface area contributed by atoms with Crippen molar-refractivity contribution in [2.75, 3.05) is 0 Å². The molecule has 0 aliphatic heterocycles. The molecule has 44 heavy (non-hydrogen) atoms. The lowest BCUT2D eigenvalue weighted by Gasteiger charge is -2.12. The van der Waals surface area contributed by atoms with E-state index in [2.05, 4.69) is 127 Å². The van der Waals surface area contributed by atoms with Crippen molar-refractivity contribution in [3.8, 4) is 56.4 Å². The summed E-state index contributed by atoms with van der Waals surface area (Å²) in [7, 11) is 0. The minimum absolute atomic E-state index is 0.646. The van der Waals surface area contributed by atoms with Gasteiger partial charge in [-0.3, -0.25) is 0 Å². The molecule has 1 aromatic heterocycles. The van der Waals surface area contributed by atoms with Gasteiger partial charge in [-0.15, -0.1) is 0 Å². The topological polar surface area (TPSA) is 38.7 Å². The molecule has 0 N–H and O–H groups in total. The van der Waals surface area contributed by atoms with Crippen LogP contribution in [0.2, 0.25) is 0 Å². The molecule has 1 heterocycles. The monoisotopic (exact) mass is 561 g/mol. The van der Waals surface area contributed by atoms with E-state index in [4.69, 9.17) is 15.0 Å². The summed E-state index contributed by atoms with van der Waals surface area (Å²) in [6.45, 7) is 0. The molecule has 8 aromatic rings. The molecule has 0 atom stereocenters. The van der Waals surface area contributed by atoms with Crippen molar-refractivity contribution in [1.82, 2.24) is 15.0 Å². The molecule has 0 spiro atoms. The Hall–Kier alpha value is -5.93. The Bertz CT molecular complexity index is 2270. The number of aromatic nitrogens is 3. The molecular formula is C41H27N3. The molecule has 0 bridgehead atoms. The van der Waals surface area contributed by atoms with E-state index in [1.807, 2.05) is 36.4 Å². The summed E-state index contributed by atoms with van der Waals surface area (Å²) in [4.78, 5) is 15.1. The van der Waals surface area contributed by atoms with Crippen LogP contribution in [0.5, 0.6) is 0 Å². The zero-order valence-electron chi connectivity index (χ0n) is 23.9. The first-order valence-electron chi connectivity index (χ1n) is 14.8. The third-order valence-corrected chi connectivity index (χ3v) is 8.10. The van der Waals surface area contributed by atoms with Gasteiger partial charge < -0.3 is 0 Å². The Morgan fingerprint density at radius 2 is 0.773 bits per heavy atom. The molecule has 0 aliphatic rings. The van der Waals surface area contributed by atoms with Gasteiger partial charge in [0.25, 0.3) is 0 Å². The normalized spacial score (nSPS) is 11.2. The van der Waals surface area contributed by atoms with E-state index >= 15 is 0 Å². The van der Waals surface area contributed by atoms with Gasteiger partial charge in [-0.1, -0.05) is 146 Å². The Morgan fingerprint density at radius 1 is 0.273 bits per heavy atom. The third kappa shape index (κ3) is 4.91. The van der Waals surface area contributed by atoms with Crippen LogP contribution in [0.3, 0.4) is 0 Å². The highest BCUT2D eigenvalue weighted by atomic mass is 15.0. The summed E-state index contributed by atoms with van der Waals surface area (Å²) < 4.78 is 0. The second kappa shape index (κ2) is 11.0. The zero-order valence-corrected chi connectivity index (χ0v) is 23.9. The van der Waals surface area contributed by atoms with Gasteiger partial charge >= 0.3 is 0 Å². The number of nitrogens with zero attached hydrogens (tertiary/aromatic N) is 3. The molecule has 3 nitrogen and oxygen atoms in total. The van der Waals surface area contributed by atoms with Crippen LogP contribution in [-0.2, 0) is 0 Å². The number of hydrogen-bond donors (Lipinski definition) is 0. The van der Waals surface area contributed by atoms with Crippen LogP contribution >= 0.6 is 0 Å². The minimum atomic E-state index is 0.646. The van der Waals surface area contributed by atoms with Gasteiger partial charge in [0, 0.05) is 16.7 Å². The van der Waals surface area contributed by atoms with Crippen molar-refractivity contribution in [3.05, 3.63) is 164 Å². The molecule has 7 aromatic carbocycles. The largest absolute Gasteiger partial charge is 0.208 e. The Morgan fingerprint density at radius 3 is 1.55 bits per heavy atom. The molecule has 0 radical (unpaired) electrons. The molecule has 0 fully saturated rings. The SMILES string of the molecule is c1ccc(-c2nc(-c3cccc(-c4ccc5ccccc5c4)c3)nc(-c3ccc4cccc(-c5ccccc5)c4c3)n2)cc1. The van der Waals surface area contributed by atoms with Crippen LogP contribution in [0, 0.1) is 0 Å². The van der Waals surface area contributed by atoms with Crippen LogP contribution in [0.15, 0.2) is 164 Å². The van der Waals surface area contributed by atoms with Crippen LogP contribution in [0.25, 0.3) is 78.0 Å². The van der Waals surface area contributed by atoms with Gasteiger partial charge in [0.1, 0.15) is 0 Å². The zero-order chi connectivity index (χ0) is 29.3. The summed E-state index contributed by atoms with van der Waals surface area (Å²) in [5, 5.41) is 4.79. The number of rotatable bonds is 5. The van der Waals surface area contributed by atoms with Gasteiger partial charge in [0.05, 0.1) is 0 Å². The van der Waals surface area contributed by atoms with Gasteiger partial charge in [0.15, 0.2) is 17.5 Å². The van der Waals surface area contributed by atoms with Crippen molar-refractivity contribution in [2.45, 2.75) is 0 Å². The summed E-state index contributed by atoms with van der Waals surface area (Å²) in [6.07, 6.45) is 0. The predicted octanol–water partition coefficient (Wildman–Crippen LogP) is 10.5. The lowest BCUT2D eigenvalue weighted by atomic mass is 9.96. The fourth-order valence-electron chi connectivity index (χ4n) is 5.84. The molecule has 0 saturated carbocycles. The van der Waals surface area contributed by atoms with E-state index in [0.29, 0.717) is 17.5 Å². The lowest BCUT2D eigenvalue weighted by Crippen LogP contribution is -2.00. The maximum absolute atomic E-state index is 5.07. The standard InChI is InChI=1S/C41H27N3/c1-3-12-29(13-4-1)37-20-10-17-30-22-24-36(27-38(30)37)41-43-39(31-14-5-2-6-15-31)42-40(44-41)35-19-9-18-33(26-35)34-23-21-28-11-7-8-16-32(28)25-34/h1-27H. The molecule has 0 aliphatic carbocycles. The molecule has 0 unspecified atom stereocenters. The van der Waals surface area contributed by atoms with Gasteiger partial charge in [0.2, 0.25) is 0 Å². The first-order valence-corrected chi connectivity index (χ1v) is 14.8. The van der Waals surface area contributed by atoms with Crippen molar-refractivity contribution >= 4 is 21.5 Å². The first kappa shape index (κ1) is 25.8. The van der Waals surface area contributed by atoms with Gasteiger partial charge in [-0.05, 0) is 62.0 Å². The lowest BCUT2D eigenvalue weighted by molar-refractivity contribution is 1.07. The van der Waals surface area contributed by atoms with Gasteiger partial charge in [-0.25, -0.2) is 15.0 Å². The highest BCUT2D eigenvalue weighted by Crippen LogP contribution is 2.33. The molecule has 206 valence electrons. The second-order valence-electron chi connectivity index (χ2n) is 10.9. The van der Waals surface area contributed by atoms with Crippen LogP contribution < -0.4 is 0 Å². The van der Waals surface area contributed by atoms with Crippen molar-refractivity contribution < 1.29 is 0 Å². The average Bonchev–Trinajstić information content (AvgIpc) is 3.11. The second-order valence-corrected chi connectivity index (χ2v) is 10.9. The van der Waals surface area contributed by atoms with Crippen LogP contribution in [0.1, 0.15) is 0 Å². The minimum Gasteiger partial charge on any atom is -0.208 e. The third-order valence-electron chi connectivity index (χ3n) is 8.10. The quantitative estimate of drug-likeness (QED) is 0.210. The molecular weight excluding hydrogens is 534 g/mol. The maximum atomic E-state index is 5.07. The Balaban J connectivity index is 1.28. The fourth-order valence-corrected chi connectivity index (χ4v) is 5.84. The Labute approximate surface area is 256 Å². The van der Waals surface area contributed by atoms with E-state index in [1.54, 1.807) is 0 Å². The van der Waals surface area contributed by atoms with Gasteiger partial charge in [-0.2, -0.15) is 0 Å². The fraction of sp³-hybridized carbons (Fsp3) is 0. The summed E-state index contributed by atoms with van der Waals surface area (Å²) in [6, 6.07) is 57.0. The maximum Gasteiger partial charge on any atom is 0.164 e. The molecule has 0 saturated heterocycles. The first-order chi connectivity index (χ1) is 21.8. The summed E-state index contributed by atoms with van der Waals surface area (Å²) in [5.41, 5.74) is 7.50. The predicted molar refractivity (Wildman–Crippen MR) is 182 cm³/mol. The molecule has 0 amide bonds. The highest BCUT2D eigenvalue weighted by Gasteiger charge is 2.14. The van der Waals surface area contributed by atoms with Crippen molar-refractivity contribution in [1.29, 1.82) is 0 Å². The summed E-state index contributed by atoms with van der Waals surface area (Å²) in [5.74, 6) is 1.95. The summed E-state index contributed by atoms with van der Waals surface area (Å²) >= 11 is 0. The van der Waals surface area contributed by atoms with Crippen LogP contribution in [0.4, 0.5) is 0 Å². The Kier molecular flexibility index (Phi) is 6.47. The number of fused-ring (bicyclic) bond motifs is 2. The molecule has 3 heteroatoms. The van der Waals surface area contributed by atoms with E-state index in [1.165, 1.54) is 27.3 Å². The van der Waals surface area contributed by atoms with Crippen molar-refractivity contribution in [2.24, 2.45) is 0 Å². The average molecular weight is 562 g/mol. The smallest absolute Gasteiger partial charge is 0.164 e. The van der Waals surface area contributed by atoms with Crippen molar-refractivity contribution in [3.63, 3.8) is 0 Å². The van der Waals surface area contributed by atoms with E-state index in [-0.39, 0.29) is 0 Å². The van der Waals surface area contributed by atoms with E-state index in [9.17, 15) is 0 Å². The molecule has 8 rings (SSSR count). The number of hydrogen-bond acceptors (Lipinski definition) is 3.